The first-order valence-electron chi connectivity index (χ1n) is 6.58. The Kier molecular flexibility index (Phi) is 3.18. The van der Waals surface area contributed by atoms with Gasteiger partial charge in [0.1, 0.15) is 17.7 Å². The normalized spacial score (nSPS) is 12.6. The van der Waals surface area contributed by atoms with Gasteiger partial charge in [-0.25, -0.2) is 9.97 Å². The summed E-state index contributed by atoms with van der Waals surface area (Å²) in [5, 5.41) is 14.4. The van der Waals surface area contributed by atoms with Gasteiger partial charge in [0.05, 0.1) is 10.9 Å². The van der Waals surface area contributed by atoms with Crippen molar-refractivity contribution >= 4 is 23.8 Å². The van der Waals surface area contributed by atoms with Crippen LogP contribution < -0.4 is 15.9 Å². The third-order valence-corrected chi connectivity index (χ3v) is 3.32. The summed E-state index contributed by atoms with van der Waals surface area (Å²) in [6.45, 7) is 2.07. The van der Waals surface area contributed by atoms with Crippen LogP contribution in [0.3, 0.4) is 0 Å². The maximum absolute atomic E-state index is 9.08. The molecule has 0 fully saturated rings. The molecule has 0 radical (unpaired) electrons. The van der Waals surface area contributed by atoms with Gasteiger partial charge in [-0.05, 0) is 48.7 Å². The summed E-state index contributed by atoms with van der Waals surface area (Å²) in [5.41, 5.74) is 1.70. The number of nitrogens with one attached hydrogen (secondary N) is 1. The lowest BCUT2D eigenvalue weighted by Crippen LogP contribution is -2.32. The Bertz CT molecular complexity index is 815. The predicted molar refractivity (Wildman–Crippen MR) is 78.6 cm³/mol. The van der Waals surface area contributed by atoms with E-state index in [0.717, 1.165) is 24.0 Å². The molecule has 2 aromatic heterocycles. The van der Waals surface area contributed by atoms with Crippen LogP contribution in [-0.4, -0.2) is 9.97 Å². The van der Waals surface area contributed by atoms with Gasteiger partial charge >= 0.3 is 0 Å². The molecule has 2 heterocycles. The van der Waals surface area contributed by atoms with E-state index >= 15 is 0 Å². The van der Waals surface area contributed by atoms with Crippen molar-refractivity contribution in [2.45, 2.75) is 19.8 Å². The van der Waals surface area contributed by atoms with E-state index < -0.39 is 0 Å². The zero-order valence-electron chi connectivity index (χ0n) is 11.2. The molecule has 3 rings (SSSR count). The largest absolute Gasteiger partial charge is 0.324 e. The van der Waals surface area contributed by atoms with Crippen LogP contribution in [0.15, 0.2) is 24.4 Å². The molecule has 2 aromatic rings. The van der Waals surface area contributed by atoms with Crippen LogP contribution in [-0.2, 0) is 0 Å². The lowest BCUT2D eigenvalue weighted by molar-refractivity contribution is 1.06. The monoisotopic (exact) mass is 262 g/mol. The number of pyridine rings is 2. The zero-order valence-corrected chi connectivity index (χ0v) is 11.2. The van der Waals surface area contributed by atoms with Crippen LogP contribution in [0.2, 0.25) is 0 Å². The minimum Gasteiger partial charge on any atom is -0.324 e. The van der Waals surface area contributed by atoms with E-state index in [2.05, 4.69) is 40.4 Å². The molecule has 0 amide bonds. The highest BCUT2D eigenvalue weighted by atomic mass is 15.1. The first-order valence-corrected chi connectivity index (χ1v) is 6.58. The lowest BCUT2D eigenvalue weighted by atomic mass is 10.1. The minimum atomic E-state index is 0.514. The number of fused-ring (bicyclic) bond motifs is 1. The van der Waals surface area contributed by atoms with E-state index in [9.17, 15) is 0 Å². The number of nitriles is 1. The number of nitrogens with zero attached hydrogens (tertiary/aromatic N) is 3. The van der Waals surface area contributed by atoms with Crippen LogP contribution in [0.1, 0.15) is 24.0 Å². The van der Waals surface area contributed by atoms with Gasteiger partial charge in [-0.15, -0.1) is 0 Å². The fourth-order valence-corrected chi connectivity index (χ4v) is 2.36. The molecule has 0 aromatic carbocycles. The van der Waals surface area contributed by atoms with Crippen molar-refractivity contribution in [3.8, 4) is 6.07 Å². The second kappa shape index (κ2) is 5.14. The van der Waals surface area contributed by atoms with Gasteiger partial charge in [0.15, 0.2) is 0 Å². The van der Waals surface area contributed by atoms with E-state index in [4.69, 9.17) is 5.26 Å². The summed E-state index contributed by atoms with van der Waals surface area (Å²) in [4.78, 5) is 8.79. The molecule has 98 valence electrons. The second-order valence-corrected chi connectivity index (χ2v) is 4.75. The second-order valence-electron chi connectivity index (χ2n) is 4.75. The van der Waals surface area contributed by atoms with Crippen LogP contribution >= 0.6 is 0 Å². The fourth-order valence-electron chi connectivity index (χ4n) is 2.36. The first kappa shape index (κ1) is 12.4. The Balaban J connectivity index is 2.05. The predicted octanol–water partition coefficient (Wildman–Crippen LogP) is 1.76. The molecule has 0 saturated heterocycles. The molecular formula is C16H14N4. The fraction of sp³-hybridized carbons (Fsp3) is 0.188. The summed E-state index contributed by atoms with van der Waals surface area (Å²) >= 11 is 0. The zero-order chi connectivity index (χ0) is 13.9. The summed E-state index contributed by atoms with van der Waals surface area (Å²) in [7, 11) is 0. The SMILES string of the molecule is Cc1cc(Nc2ncccc2C#N)nc2c1=CCCC=2. The van der Waals surface area contributed by atoms with E-state index in [1.54, 1.807) is 18.3 Å². The van der Waals surface area contributed by atoms with Crippen LogP contribution in [0.25, 0.3) is 12.2 Å². The summed E-state index contributed by atoms with van der Waals surface area (Å²) in [6.07, 6.45) is 8.13. The first-order chi connectivity index (χ1) is 9.78. The van der Waals surface area contributed by atoms with Crippen molar-refractivity contribution in [1.82, 2.24) is 9.97 Å². The molecule has 0 atom stereocenters. The van der Waals surface area contributed by atoms with Gasteiger partial charge in [0.2, 0.25) is 0 Å². The number of aromatic nitrogens is 2. The maximum Gasteiger partial charge on any atom is 0.149 e. The van der Waals surface area contributed by atoms with E-state index in [1.165, 1.54) is 10.8 Å². The highest BCUT2D eigenvalue weighted by Gasteiger charge is 2.06. The molecule has 20 heavy (non-hydrogen) atoms. The number of anilines is 2. The maximum atomic E-state index is 9.08. The van der Waals surface area contributed by atoms with Gasteiger partial charge in [-0.2, -0.15) is 5.26 Å². The molecule has 4 nitrogen and oxygen atoms in total. The Morgan fingerprint density at radius 2 is 2.15 bits per heavy atom. The molecule has 1 aliphatic rings. The molecule has 0 saturated carbocycles. The van der Waals surface area contributed by atoms with Gasteiger partial charge in [-0.3, -0.25) is 0 Å². The molecular weight excluding hydrogens is 248 g/mol. The Morgan fingerprint density at radius 3 is 3.00 bits per heavy atom. The third kappa shape index (κ3) is 2.26. The Morgan fingerprint density at radius 1 is 1.30 bits per heavy atom. The topological polar surface area (TPSA) is 61.6 Å². The standard InChI is InChI=1S/C16H14N4/c1-11-9-15(19-14-7-3-2-6-13(11)14)20-16-12(10-17)5-4-8-18-16/h4-9H,2-3H2,1H3,(H,18,19,20). The molecule has 4 heteroatoms. The molecule has 0 unspecified atom stereocenters. The molecule has 0 aliphatic heterocycles. The van der Waals surface area contributed by atoms with Crippen LogP contribution in [0.5, 0.6) is 0 Å². The molecule has 1 aliphatic carbocycles. The summed E-state index contributed by atoms with van der Waals surface area (Å²) in [6, 6.07) is 7.60. The average molecular weight is 262 g/mol. The lowest BCUT2D eigenvalue weighted by Gasteiger charge is -2.09. The van der Waals surface area contributed by atoms with Crippen molar-refractivity contribution in [2.75, 3.05) is 5.32 Å². The summed E-state index contributed by atoms with van der Waals surface area (Å²) in [5.74, 6) is 1.27. The molecule has 1 N–H and O–H groups in total. The number of aryl methyl sites for hydroxylation is 1. The van der Waals surface area contributed by atoms with Crippen LogP contribution in [0, 0.1) is 18.3 Å². The highest BCUT2D eigenvalue weighted by molar-refractivity contribution is 5.60. The minimum absolute atomic E-state index is 0.514. The van der Waals surface area contributed by atoms with E-state index in [-0.39, 0.29) is 0 Å². The quantitative estimate of drug-likeness (QED) is 0.895. The van der Waals surface area contributed by atoms with Crippen molar-refractivity contribution < 1.29 is 0 Å². The van der Waals surface area contributed by atoms with Gasteiger partial charge < -0.3 is 5.32 Å². The van der Waals surface area contributed by atoms with Crippen molar-refractivity contribution in [1.29, 1.82) is 5.26 Å². The van der Waals surface area contributed by atoms with E-state index in [0.29, 0.717) is 11.4 Å². The molecule has 0 bridgehead atoms. The van der Waals surface area contributed by atoms with Gasteiger partial charge in [0, 0.05) is 6.20 Å². The highest BCUT2D eigenvalue weighted by Crippen LogP contribution is 2.15. The third-order valence-electron chi connectivity index (χ3n) is 3.32. The Hall–Kier alpha value is -2.67. The summed E-state index contributed by atoms with van der Waals surface area (Å²) < 4.78 is 0. The van der Waals surface area contributed by atoms with Gasteiger partial charge in [0.25, 0.3) is 0 Å². The number of hydrogen-bond donors (Lipinski definition) is 1. The van der Waals surface area contributed by atoms with Crippen molar-refractivity contribution in [2.24, 2.45) is 0 Å². The Labute approximate surface area is 117 Å². The van der Waals surface area contributed by atoms with Gasteiger partial charge in [-0.1, -0.05) is 12.2 Å². The average Bonchev–Trinajstić information content (AvgIpc) is 2.48. The van der Waals surface area contributed by atoms with Crippen LogP contribution in [0.4, 0.5) is 11.6 Å². The van der Waals surface area contributed by atoms with E-state index in [1.807, 2.05) is 6.07 Å². The molecule has 0 spiro atoms. The number of rotatable bonds is 2. The van der Waals surface area contributed by atoms with Crippen molar-refractivity contribution in [3.05, 3.63) is 46.1 Å². The smallest absolute Gasteiger partial charge is 0.149 e. The van der Waals surface area contributed by atoms with Crippen molar-refractivity contribution in [3.63, 3.8) is 0 Å². The number of hydrogen-bond acceptors (Lipinski definition) is 4.